The lowest BCUT2D eigenvalue weighted by Crippen LogP contribution is -1.99. The van der Waals surface area contributed by atoms with E-state index in [1.807, 2.05) is 0 Å². The Balaban J connectivity index is 3.46. The van der Waals surface area contributed by atoms with Crippen LogP contribution >= 0.6 is 22.6 Å². The quantitative estimate of drug-likeness (QED) is 0.524. The van der Waals surface area contributed by atoms with Crippen molar-refractivity contribution in [1.29, 1.82) is 0 Å². The van der Waals surface area contributed by atoms with Gasteiger partial charge in [-0.3, -0.25) is 0 Å². The van der Waals surface area contributed by atoms with E-state index in [4.69, 9.17) is 5.73 Å². The van der Waals surface area contributed by atoms with E-state index in [2.05, 4.69) is 4.98 Å². The molecule has 0 saturated heterocycles. The summed E-state index contributed by atoms with van der Waals surface area (Å²) in [6.07, 6.45) is 0. The first-order valence-electron chi connectivity index (χ1n) is 2.43. The van der Waals surface area contributed by atoms with Gasteiger partial charge in [-0.15, -0.1) is 5.73 Å². The first-order valence-corrected chi connectivity index (χ1v) is 3.51. The van der Waals surface area contributed by atoms with Crippen LogP contribution in [0.5, 0.6) is 0 Å². The van der Waals surface area contributed by atoms with Crippen LogP contribution < -0.4 is 5.73 Å². The van der Waals surface area contributed by atoms with E-state index in [0.717, 1.165) is 0 Å². The molecule has 1 aromatic heterocycles. The number of aromatic nitrogens is 1. The van der Waals surface area contributed by atoms with Crippen molar-refractivity contribution in [3.8, 4) is 0 Å². The first-order chi connectivity index (χ1) is 5.04. The Bertz CT molecular complexity index is 276. The molecule has 2 nitrogen and oxygen atoms in total. The number of pyridine rings is 1. The number of halogens is 4. The highest BCUT2D eigenvalue weighted by Crippen LogP contribution is 2.22. The first kappa shape index (κ1) is 8.57. The lowest BCUT2D eigenvalue weighted by atomic mass is 10.4. The van der Waals surface area contributed by atoms with Crippen molar-refractivity contribution >= 4 is 28.3 Å². The van der Waals surface area contributed by atoms with E-state index < -0.39 is 27.0 Å². The third-order valence-electron chi connectivity index (χ3n) is 0.974. The Labute approximate surface area is 73.7 Å². The van der Waals surface area contributed by atoms with Gasteiger partial charge in [0.15, 0.2) is 0 Å². The fourth-order valence-electron chi connectivity index (χ4n) is 0.476. The fraction of sp³-hybridized carbons (Fsp3) is 0. The van der Waals surface area contributed by atoms with Gasteiger partial charge in [0.2, 0.25) is 11.8 Å². The van der Waals surface area contributed by atoms with Crippen LogP contribution in [0.3, 0.4) is 0 Å². The Hall–Kier alpha value is -0.530. The van der Waals surface area contributed by atoms with Crippen molar-refractivity contribution in [3.63, 3.8) is 0 Å². The lowest BCUT2D eigenvalue weighted by molar-refractivity contribution is 0.445. The van der Waals surface area contributed by atoms with Crippen LogP contribution in [0.1, 0.15) is 0 Å². The standard InChI is InChI=1S/C5F3IN2/c6-1-3(10)2(9)5(8)11-4(1)7. The van der Waals surface area contributed by atoms with Gasteiger partial charge in [0.05, 0.1) is 3.57 Å². The predicted octanol–water partition coefficient (Wildman–Crippen LogP) is 1.80. The summed E-state index contributed by atoms with van der Waals surface area (Å²) in [4.78, 5) is 2.56. The smallest absolute Gasteiger partial charge is 0.199 e. The van der Waals surface area contributed by atoms with Crippen LogP contribution in [0.25, 0.3) is 0 Å². The second-order valence-corrected chi connectivity index (χ2v) is 2.75. The molecule has 0 aromatic carbocycles. The molecule has 0 saturated carbocycles. The van der Waals surface area contributed by atoms with Gasteiger partial charge in [-0.2, -0.15) is 18.2 Å². The Morgan fingerprint density at radius 1 is 1.18 bits per heavy atom. The topological polar surface area (TPSA) is 35.2 Å². The third-order valence-corrected chi connectivity index (χ3v) is 1.93. The monoisotopic (exact) mass is 272 g/mol. The molecule has 1 aromatic rings. The molecular weight excluding hydrogens is 272 g/mol. The average molecular weight is 272 g/mol. The zero-order valence-electron chi connectivity index (χ0n) is 4.91. The average Bonchev–Trinajstić information content (AvgIpc) is 1.97. The summed E-state index contributed by atoms with van der Waals surface area (Å²) >= 11 is 1.32. The highest BCUT2D eigenvalue weighted by Gasteiger charge is 2.17. The third kappa shape index (κ3) is 1.39. The van der Waals surface area contributed by atoms with Crippen LogP contribution in [0.4, 0.5) is 18.9 Å². The molecule has 58 valence electrons. The summed E-state index contributed by atoms with van der Waals surface area (Å²) in [7, 11) is 0. The lowest BCUT2D eigenvalue weighted by Gasteiger charge is -1.97. The molecule has 0 fully saturated rings. The van der Waals surface area contributed by atoms with E-state index in [0.29, 0.717) is 0 Å². The molecule has 0 aliphatic heterocycles. The summed E-state index contributed by atoms with van der Waals surface area (Å²) < 4.78 is 36.3. The van der Waals surface area contributed by atoms with Crippen molar-refractivity contribution in [1.82, 2.24) is 10.7 Å². The van der Waals surface area contributed by atoms with E-state index in [1.165, 1.54) is 22.6 Å². The molecule has 0 aliphatic rings. The number of nitrogens with zero attached hydrogens (tertiary/aromatic N) is 2. The second kappa shape index (κ2) is 2.84. The Morgan fingerprint density at radius 2 is 1.73 bits per heavy atom. The second-order valence-electron chi connectivity index (χ2n) is 1.67. The molecule has 1 rings (SSSR count). The number of rotatable bonds is 0. The molecule has 11 heavy (non-hydrogen) atoms. The number of hydrogen-bond acceptors (Lipinski definition) is 1. The van der Waals surface area contributed by atoms with Crippen molar-refractivity contribution in [2.24, 2.45) is 0 Å². The molecule has 0 bridgehead atoms. The summed E-state index contributed by atoms with van der Waals surface area (Å²) in [5.74, 6) is -4.39. The molecule has 6 heteroatoms. The van der Waals surface area contributed by atoms with Gasteiger partial charge in [0.1, 0.15) is 5.69 Å². The van der Waals surface area contributed by atoms with Crippen LogP contribution in [0.15, 0.2) is 0 Å². The molecular formula is C5F3IN2. The van der Waals surface area contributed by atoms with Gasteiger partial charge >= 0.3 is 0 Å². The SMILES string of the molecule is [N]c1c(F)c(F)nc(F)c1I. The van der Waals surface area contributed by atoms with Crippen LogP contribution in [0, 0.1) is 21.3 Å². The van der Waals surface area contributed by atoms with E-state index in [1.54, 1.807) is 0 Å². The fourth-order valence-corrected chi connectivity index (χ4v) is 0.833. The van der Waals surface area contributed by atoms with Crippen LogP contribution in [0.2, 0.25) is 0 Å². The maximum atomic E-state index is 12.3. The molecule has 0 unspecified atom stereocenters. The summed E-state index contributed by atoms with van der Waals surface area (Å²) in [6.45, 7) is 0. The van der Waals surface area contributed by atoms with Crippen molar-refractivity contribution in [3.05, 3.63) is 21.3 Å². The van der Waals surface area contributed by atoms with Gasteiger partial charge in [0.25, 0.3) is 5.95 Å². The van der Waals surface area contributed by atoms with Gasteiger partial charge in [-0.05, 0) is 22.6 Å². The zero-order valence-corrected chi connectivity index (χ0v) is 7.06. The minimum atomic E-state index is -1.64. The Kier molecular flexibility index (Phi) is 2.21. The maximum Gasteiger partial charge on any atom is 0.253 e. The van der Waals surface area contributed by atoms with Gasteiger partial charge in [0, 0.05) is 0 Å². The normalized spacial score (nSPS) is 10.2. The van der Waals surface area contributed by atoms with E-state index in [9.17, 15) is 13.2 Å². The van der Waals surface area contributed by atoms with Gasteiger partial charge in [-0.1, -0.05) is 0 Å². The molecule has 1 heterocycles. The van der Waals surface area contributed by atoms with Crippen LogP contribution in [-0.2, 0) is 0 Å². The Morgan fingerprint density at radius 3 is 2.27 bits per heavy atom. The highest BCUT2D eigenvalue weighted by atomic mass is 127. The predicted molar refractivity (Wildman–Crippen MR) is 38.6 cm³/mol. The largest absolute Gasteiger partial charge is 0.253 e. The van der Waals surface area contributed by atoms with Gasteiger partial charge in [-0.25, -0.2) is 0 Å². The molecule has 0 atom stereocenters. The van der Waals surface area contributed by atoms with Crippen LogP contribution in [-0.4, -0.2) is 4.98 Å². The van der Waals surface area contributed by atoms with E-state index in [-0.39, 0.29) is 0 Å². The molecule has 2 radical (unpaired) electrons. The minimum absolute atomic E-state index is 0.429. The molecule has 0 N–H and O–H groups in total. The van der Waals surface area contributed by atoms with Crippen molar-refractivity contribution in [2.75, 3.05) is 0 Å². The minimum Gasteiger partial charge on any atom is -0.199 e. The summed E-state index contributed by atoms with van der Waals surface area (Å²) in [5, 5.41) is 0. The summed E-state index contributed by atoms with van der Waals surface area (Å²) in [6, 6.07) is 0. The molecule has 0 amide bonds. The van der Waals surface area contributed by atoms with Crippen molar-refractivity contribution < 1.29 is 13.2 Å². The van der Waals surface area contributed by atoms with Gasteiger partial charge < -0.3 is 0 Å². The molecule has 0 aliphatic carbocycles. The maximum absolute atomic E-state index is 12.3. The van der Waals surface area contributed by atoms with E-state index >= 15 is 0 Å². The molecule has 0 spiro atoms. The zero-order chi connectivity index (χ0) is 8.59. The van der Waals surface area contributed by atoms with Crippen molar-refractivity contribution in [2.45, 2.75) is 0 Å². The highest BCUT2D eigenvalue weighted by molar-refractivity contribution is 14.1. The summed E-state index contributed by atoms with van der Waals surface area (Å²) in [5.41, 5.74) is 7.62. The number of hydrogen-bond donors (Lipinski definition) is 0.